The standard InChI is InChI=1S/C13H27N3O.ClH/c1-15(12-13-3-2-4-14-11-13)5-6-16-7-9-17-10-8-16;/h13-14H,2-12H2,1H3;1H. The van der Waals surface area contributed by atoms with Gasteiger partial charge in [0.2, 0.25) is 0 Å². The maximum atomic E-state index is 5.36. The molecule has 0 aromatic carbocycles. The van der Waals surface area contributed by atoms with Crippen molar-refractivity contribution in [2.75, 3.05) is 66.1 Å². The number of ether oxygens (including phenoxy) is 1. The minimum Gasteiger partial charge on any atom is -0.379 e. The Hall–Kier alpha value is 0.130. The molecule has 1 N–H and O–H groups in total. The van der Waals surface area contributed by atoms with Crippen LogP contribution in [0.2, 0.25) is 0 Å². The van der Waals surface area contributed by atoms with Gasteiger partial charge >= 0.3 is 0 Å². The van der Waals surface area contributed by atoms with Crippen LogP contribution >= 0.6 is 12.4 Å². The lowest BCUT2D eigenvalue weighted by molar-refractivity contribution is 0.0337. The number of nitrogens with one attached hydrogen (secondary N) is 1. The number of morpholine rings is 1. The van der Waals surface area contributed by atoms with Crippen LogP contribution < -0.4 is 5.32 Å². The molecule has 0 spiro atoms. The van der Waals surface area contributed by atoms with E-state index in [1.807, 2.05) is 0 Å². The first-order chi connectivity index (χ1) is 8.34. The Labute approximate surface area is 117 Å². The molecular weight excluding hydrogens is 250 g/mol. The van der Waals surface area contributed by atoms with Crippen LogP contribution in [0.15, 0.2) is 0 Å². The number of hydrogen-bond donors (Lipinski definition) is 1. The van der Waals surface area contributed by atoms with E-state index in [1.165, 1.54) is 45.6 Å². The second kappa shape index (κ2) is 9.10. The van der Waals surface area contributed by atoms with E-state index in [4.69, 9.17) is 4.74 Å². The third-order valence-electron chi connectivity index (χ3n) is 3.87. The Morgan fingerprint density at radius 3 is 2.78 bits per heavy atom. The number of nitrogens with zero attached hydrogens (tertiary/aromatic N) is 2. The summed E-state index contributed by atoms with van der Waals surface area (Å²) >= 11 is 0. The zero-order chi connectivity index (χ0) is 11.9. The first-order valence-corrected chi connectivity index (χ1v) is 7.04. The predicted octanol–water partition coefficient (Wildman–Crippen LogP) is 0.672. The van der Waals surface area contributed by atoms with E-state index in [0.717, 1.165) is 32.2 Å². The van der Waals surface area contributed by atoms with E-state index in [2.05, 4.69) is 22.2 Å². The Bertz CT molecular complexity index is 206. The smallest absolute Gasteiger partial charge is 0.0594 e. The van der Waals surface area contributed by atoms with Crippen molar-refractivity contribution < 1.29 is 4.74 Å². The summed E-state index contributed by atoms with van der Waals surface area (Å²) in [5.41, 5.74) is 0. The molecule has 2 aliphatic rings. The van der Waals surface area contributed by atoms with Gasteiger partial charge in [0, 0.05) is 32.7 Å². The molecular formula is C13H28ClN3O. The van der Waals surface area contributed by atoms with E-state index >= 15 is 0 Å². The van der Waals surface area contributed by atoms with Gasteiger partial charge in [-0.3, -0.25) is 4.90 Å². The van der Waals surface area contributed by atoms with Crippen molar-refractivity contribution in [1.82, 2.24) is 15.1 Å². The summed E-state index contributed by atoms with van der Waals surface area (Å²) < 4.78 is 5.36. The van der Waals surface area contributed by atoms with Crippen molar-refractivity contribution in [1.29, 1.82) is 0 Å². The lowest BCUT2D eigenvalue weighted by Crippen LogP contribution is -2.42. The lowest BCUT2D eigenvalue weighted by atomic mass is 9.99. The molecule has 0 radical (unpaired) electrons. The van der Waals surface area contributed by atoms with Crippen LogP contribution in [-0.2, 0) is 4.74 Å². The molecule has 0 aromatic rings. The van der Waals surface area contributed by atoms with Crippen molar-refractivity contribution in [3.8, 4) is 0 Å². The third-order valence-corrected chi connectivity index (χ3v) is 3.87. The summed E-state index contributed by atoms with van der Waals surface area (Å²) in [7, 11) is 2.26. The lowest BCUT2D eigenvalue weighted by Gasteiger charge is -2.31. The molecule has 5 heteroatoms. The minimum atomic E-state index is 0. The van der Waals surface area contributed by atoms with Crippen molar-refractivity contribution in [3.63, 3.8) is 0 Å². The third kappa shape index (κ3) is 5.85. The molecule has 4 nitrogen and oxygen atoms in total. The summed E-state index contributed by atoms with van der Waals surface area (Å²) in [6, 6.07) is 0. The second-order valence-corrected chi connectivity index (χ2v) is 5.43. The summed E-state index contributed by atoms with van der Waals surface area (Å²) in [4.78, 5) is 5.01. The number of hydrogen-bond acceptors (Lipinski definition) is 4. The van der Waals surface area contributed by atoms with Crippen molar-refractivity contribution in [2.45, 2.75) is 12.8 Å². The molecule has 1 atom stereocenters. The van der Waals surface area contributed by atoms with Crippen LogP contribution in [0.1, 0.15) is 12.8 Å². The summed E-state index contributed by atoms with van der Waals surface area (Å²) in [6.45, 7) is 10.1. The highest BCUT2D eigenvalue weighted by Crippen LogP contribution is 2.10. The maximum absolute atomic E-state index is 5.36. The van der Waals surface area contributed by atoms with Gasteiger partial charge in [0.25, 0.3) is 0 Å². The molecule has 108 valence electrons. The Morgan fingerprint density at radius 1 is 1.33 bits per heavy atom. The van der Waals surface area contributed by atoms with Gasteiger partial charge in [-0.15, -0.1) is 12.4 Å². The van der Waals surface area contributed by atoms with Gasteiger partial charge in [0.15, 0.2) is 0 Å². The highest BCUT2D eigenvalue weighted by atomic mass is 35.5. The first kappa shape index (κ1) is 16.2. The fraction of sp³-hybridized carbons (Fsp3) is 1.00. The van der Waals surface area contributed by atoms with E-state index in [-0.39, 0.29) is 12.4 Å². The largest absolute Gasteiger partial charge is 0.379 e. The van der Waals surface area contributed by atoms with Gasteiger partial charge in [0.05, 0.1) is 13.2 Å². The Balaban J connectivity index is 0.00000162. The Kier molecular flexibility index (Phi) is 8.18. The molecule has 2 saturated heterocycles. The fourth-order valence-corrected chi connectivity index (χ4v) is 2.75. The molecule has 2 aliphatic heterocycles. The summed E-state index contributed by atoms with van der Waals surface area (Å²) in [5.74, 6) is 0.860. The van der Waals surface area contributed by atoms with E-state index in [0.29, 0.717) is 0 Å². The topological polar surface area (TPSA) is 27.7 Å². The molecule has 2 fully saturated rings. The van der Waals surface area contributed by atoms with Gasteiger partial charge in [-0.1, -0.05) is 0 Å². The first-order valence-electron chi connectivity index (χ1n) is 7.04. The molecule has 0 saturated carbocycles. The van der Waals surface area contributed by atoms with Crippen LogP contribution in [-0.4, -0.2) is 75.9 Å². The van der Waals surface area contributed by atoms with E-state index in [9.17, 15) is 0 Å². The molecule has 1 unspecified atom stereocenters. The van der Waals surface area contributed by atoms with Crippen LogP contribution in [0.3, 0.4) is 0 Å². The average molecular weight is 278 g/mol. The molecule has 0 aliphatic carbocycles. The predicted molar refractivity (Wildman–Crippen MR) is 77.6 cm³/mol. The van der Waals surface area contributed by atoms with Gasteiger partial charge in [-0.2, -0.15) is 0 Å². The molecule has 0 amide bonds. The number of piperidine rings is 1. The zero-order valence-corrected chi connectivity index (χ0v) is 12.4. The fourth-order valence-electron chi connectivity index (χ4n) is 2.75. The van der Waals surface area contributed by atoms with E-state index in [1.54, 1.807) is 0 Å². The maximum Gasteiger partial charge on any atom is 0.0594 e. The van der Waals surface area contributed by atoms with Crippen molar-refractivity contribution in [2.24, 2.45) is 5.92 Å². The van der Waals surface area contributed by atoms with Crippen molar-refractivity contribution >= 4 is 12.4 Å². The molecule has 2 heterocycles. The SMILES string of the molecule is CN(CCN1CCOCC1)CC1CCCNC1.Cl. The van der Waals surface area contributed by atoms with E-state index < -0.39 is 0 Å². The highest BCUT2D eigenvalue weighted by Gasteiger charge is 2.16. The van der Waals surface area contributed by atoms with Gasteiger partial charge in [-0.25, -0.2) is 0 Å². The Morgan fingerprint density at radius 2 is 2.11 bits per heavy atom. The van der Waals surface area contributed by atoms with Crippen LogP contribution in [0.5, 0.6) is 0 Å². The van der Waals surface area contributed by atoms with Crippen molar-refractivity contribution in [3.05, 3.63) is 0 Å². The zero-order valence-electron chi connectivity index (χ0n) is 11.6. The minimum absolute atomic E-state index is 0. The van der Waals surface area contributed by atoms with Crippen LogP contribution in [0.4, 0.5) is 0 Å². The van der Waals surface area contributed by atoms with Gasteiger partial charge in [0.1, 0.15) is 0 Å². The molecule has 2 rings (SSSR count). The van der Waals surface area contributed by atoms with Crippen LogP contribution in [0.25, 0.3) is 0 Å². The van der Waals surface area contributed by atoms with Crippen LogP contribution in [0, 0.1) is 5.92 Å². The molecule has 18 heavy (non-hydrogen) atoms. The quantitative estimate of drug-likeness (QED) is 0.800. The van der Waals surface area contributed by atoms with Gasteiger partial charge in [-0.05, 0) is 38.9 Å². The van der Waals surface area contributed by atoms with Gasteiger partial charge < -0.3 is 15.0 Å². The average Bonchev–Trinajstić information content (AvgIpc) is 2.39. The highest BCUT2D eigenvalue weighted by molar-refractivity contribution is 5.85. The summed E-state index contributed by atoms with van der Waals surface area (Å²) in [6.07, 6.45) is 2.75. The number of halogens is 1. The molecule has 0 aromatic heterocycles. The number of rotatable bonds is 5. The normalized spacial score (nSPS) is 26.0. The monoisotopic (exact) mass is 277 g/mol. The number of likely N-dealkylation sites (N-methyl/N-ethyl adjacent to an activating group) is 1. The summed E-state index contributed by atoms with van der Waals surface area (Å²) in [5, 5.41) is 3.49. The second-order valence-electron chi connectivity index (χ2n) is 5.43. The molecule has 0 bridgehead atoms.